The lowest BCUT2D eigenvalue weighted by molar-refractivity contribution is -0.128. The minimum Gasteiger partial charge on any atom is -0.372 e. The van der Waals surface area contributed by atoms with Crippen LogP contribution in [-0.2, 0) is 11.8 Å². The molecule has 1 aromatic rings. The first-order valence-corrected chi connectivity index (χ1v) is 8.35. The van der Waals surface area contributed by atoms with Gasteiger partial charge in [-0.25, -0.2) is 0 Å². The summed E-state index contributed by atoms with van der Waals surface area (Å²) in [6, 6.07) is 1.85. The average molecular weight is 316 g/mol. The molecule has 0 aliphatic carbocycles. The number of nitriles is 1. The van der Waals surface area contributed by atoms with Crippen molar-refractivity contribution in [1.82, 2.24) is 14.7 Å². The van der Waals surface area contributed by atoms with Crippen LogP contribution in [0.15, 0.2) is 0 Å². The zero-order valence-corrected chi connectivity index (χ0v) is 14.1. The second-order valence-corrected chi connectivity index (χ2v) is 6.67. The highest BCUT2D eigenvalue weighted by Gasteiger charge is 2.49. The molecule has 2 aliphatic rings. The van der Waals surface area contributed by atoms with E-state index in [1.54, 1.807) is 9.58 Å². The Kier molecular flexibility index (Phi) is 4.15. The summed E-state index contributed by atoms with van der Waals surface area (Å²) in [6.07, 6.45) is 4.70. The van der Waals surface area contributed by atoms with E-state index in [1.165, 1.54) is 0 Å². The van der Waals surface area contributed by atoms with Crippen LogP contribution in [0.5, 0.6) is 0 Å². The van der Waals surface area contributed by atoms with Crippen LogP contribution in [0.4, 0.5) is 0 Å². The number of ether oxygens (including phenoxy) is 1. The van der Waals surface area contributed by atoms with E-state index in [0.29, 0.717) is 18.7 Å². The van der Waals surface area contributed by atoms with Gasteiger partial charge in [-0.15, -0.1) is 0 Å². The van der Waals surface area contributed by atoms with Crippen molar-refractivity contribution >= 4 is 5.91 Å². The summed E-state index contributed by atoms with van der Waals surface area (Å²) in [6.45, 7) is 5.03. The minimum atomic E-state index is -0.511. The van der Waals surface area contributed by atoms with Crippen LogP contribution < -0.4 is 0 Å². The number of aryl methyl sites for hydroxylation is 2. The van der Waals surface area contributed by atoms with E-state index in [9.17, 15) is 10.1 Å². The molecule has 2 aliphatic heterocycles. The zero-order chi connectivity index (χ0) is 16.6. The molecule has 0 radical (unpaired) electrons. The summed E-state index contributed by atoms with van der Waals surface area (Å²) in [5, 5.41) is 14.1. The fourth-order valence-electron chi connectivity index (χ4n) is 4.02. The SMILES string of the molecule is Cc1nn(C)c(C)c1C(=O)N1CCC[C@@]2(CCCCO2)[C@H]1C#N. The first-order chi connectivity index (χ1) is 11.0. The fraction of sp³-hybridized carbons (Fsp3) is 0.706. The minimum absolute atomic E-state index is 0.0899. The summed E-state index contributed by atoms with van der Waals surface area (Å²) in [7, 11) is 1.84. The van der Waals surface area contributed by atoms with Crippen LogP contribution in [-0.4, -0.2) is 45.4 Å². The molecule has 3 heterocycles. The van der Waals surface area contributed by atoms with E-state index in [4.69, 9.17) is 4.74 Å². The zero-order valence-electron chi connectivity index (χ0n) is 14.1. The van der Waals surface area contributed by atoms with Crippen molar-refractivity contribution < 1.29 is 9.53 Å². The summed E-state index contributed by atoms with van der Waals surface area (Å²) >= 11 is 0. The van der Waals surface area contributed by atoms with E-state index < -0.39 is 11.6 Å². The summed E-state index contributed by atoms with van der Waals surface area (Å²) in [5.74, 6) is -0.0899. The molecule has 0 bridgehead atoms. The number of carbonyl (C=O) groups is 1. The van der Waals surface area contributed by atoms with Crippen LogP contribution >= 0.6 is 0 Å². The van der Waals surface area contributed by atoms with Gasteiger partial charge in [-0.2, -0.15) is 10.4 Å². The third kappa shape index (κ3) is 2.53. The molecular formula is C17H24N4O2. The van der Waals surface area contributed by atoms with Gasteiger partial charge in [0.05, 0.1) is 17.3 Å². The summed E-state index contributed by atoms with van der Waals surface area (Å²) in [4.78, 5) is 14.8. The molecule has 6 nitrogen and oxygen atoms in total. The molecule has 124 valence electrons. The van der Waals surface area contributed by atoms with E-state index >= 15 is 0 Å². The first kappa shape index (κ1) is 16.0. The van der Waals surface area contributed by atoms with Gasteiger partial charge in [-0.3, -0.25) is 9.48 Å². The second-order valence-electron chi connectivity index (χ2n) is 6.67. The highest BCUT2D eigenvalue weighted by molar-refractivity contribution is 5.97. The van der Waals surface area contributed by atoms with E-state index in [1.807, 2.05) is 20.9 Å². The van der Waals surface area contributed by atoms with E-state index in [2.05, 4.69) is 11.2 Å². The average Bonchev–Trinajstić information content (AvgIpc) is 2.80. The van der Waals surface area contributed by atoms with Gasteiger partial charge in [-0.05, 0) is 46.0 Å². The maximum absolute atomic E-state index is 13.1. The number of amides is 1. The highest BCUT2D eigenvalue weighted by atomic mass is 16.5. The monoisotopic (exact) mass is 316 g/mol. The molecule has 0 unspecified atom stereocenters. The Labute approximate surface area is 137 Å². The molecule has 1 aromatic heterocycles. The predicted molar refractivity (Wildman–Crippen MR) is 84.9 cm³/mol. The molecule has 2 atom stereocenters. The van der Waals surface area contributed by atoms with Crippen molar-refractivity contribution in [2.75, 3.05) is 13.2 Å². The molecule has 3 rings (SSSR count). The van der Waals surface area contributed by atoms with Crippen LogP contribution in [0.2, 0.25) is 0 Å². The van der Waals surface area contributed by atoms with Gasteiger partial charge in [0.1, 0.15) is 11.6 Å². The van der Waals surface area contributed by atoms with Crippen LogP contribution in [0.1, 0.15) is 53.8 Å². The summed E-state index contributed by atoms with van der Waals surface area (Å²) < 4.78 is 7.78. The molecular weight excluding hydrogens is 292 g/mol. The van der Waals surface area contributed by atoms with Gasteiger partial charge in [-0.1, -0.05) is 0 Å². The normalized spacial score (nSPS) is 27.9. The number of rotatable bonds is 1. The van der Waals surface area contributed by atoms with Gasteiger partial charge in [0.15, 0.2) is 0 Å². The van der Waals surface area contributed by atoms with Crippen LogP contribution in [0, 0.1) is 25.2 Å². The molecule has 1 spiro atoms. The van der Waals surface area contributed by atoms with Crippen molar-refractivity contribution in [3.8, 4) is 6.07 Å². The van der Waals surface area contributed by atoms with Crippen molar-refractivity contribution in [2.24, 2.45) is 7.05 Å². The van der Waals surface area contributed by atoms with E-state index in [0.717, 1.165) is 43.5 Å². The topological polar surface area (TPSA) is 71.2 Å². The standard InChI is InChI=1S/C17H24N4O2/c1-12-15(13(2)20(3)19-12)16(22)21-9-6-8-17(14(21)11-18)7-4-5-10-23-17/h14H,4-10H2,1-3H3/t14-,17+/m1/s1. The Bertz CT molecular complexity index is 647. The lowest BCUT2D eigenvalue weighted by atomic mass is 9.79. The maximum Gasteiger partial charge on any atom is 0.258 e. The van der Waals surface area contributed by atoms with Gasteiger partial charge < -0.3 is 9.64 Å². The number of nitrogens with zero attached hydrogens (tertiary/aromatic N) is 4. The fourth-order valence-corrected chi connectivity index (χ4v) is 4.02. The third-order valence-corrected chi connectivity index (χ3v) is 5.30. The van der Waals surface area contributed by atoms with E-state index in [-0.39, 0.29) is 5.91 Å². The molecule has 2 fully saturated rings. The van der Waals surface area contributed by atoms with Gasteiger partial charge in [0.25, 0.3) is 5.91 Å². The van der Waals surface area contributed by atoms with Crippen molar-refractivity contribution in [1.29, 1.82) is 5.26 Å². The van der Waals surface area contributed by atoms with Crippen molar-refractivity contribution in [2.45, 2.75) is 57.6 Å². The third-order valence-electron chi connectivity index (χ3n) is 5.30. The first-order valence-electron chi connectivity index (χ1n) is 8.35. The second kappa shape index (κ2) is 5.97. The van der Waals surface area contributed by atoms with Crippen LogP contribution in [0.25, 0.3) is 0 Å². The Hall–Kier alpha value is -1.87. The van der Waals surface area contributed by atoms with Gasteiger partial charge in [0.2, 0.25) is 0 Å². The molecule has 0 N–H and O–H groups in total. The molecule has 0 saturated carbocycles. The lowest BCUT2D eigenvalue weighted by Gasteiger charge is -2.48. The molecule has 2 saturated heterocycles. The smallest absolute Gasteiger partial charge is 0.258 e. The van der Waals surface area contributed by atoms with Gasteiger partial charge >= 0.3 is 0 Å². The quantitative estimate of drug-likeness (QED) is 0.795. The van der Waals surface area contributed by atoms with Crippen molar-refractivity contribution in [3.05, 3.63) is 17.0 Å². The molecule has 6 heteroatoms. The lowest BCUT2D eigenvalue weighted by Crippen LogP contribution is -2.60. The molecule has 23 heavy (non-hydrogen) atoms. The molecule has 0 aromatic carbocycles. The molecule has 1 amide bonds. The number of aromatic nitrogens is 2. The van der Waals surface area contributed by atoms with Gasteiger partial charge in [0, 0.05) is 25.9 Å². The Balaban J connectivity index is 1.94. The maximum atomic E-state index is 13.1. The largest absolute Gasteiger partial charge is 0.372 e. The Morgan fingerprint density at radius 3 is 2.65 bits per heavy atom. The number of likely N-dealkylation sites (tertiary alicyclic amines) is 1. The number of piperidine rings is 1. The summed E-state index contributed by atoms with van der Waals surface area (Å²) in [5.41, 5.74) is 1.70. The Morgan fingerprint density at radius 2 is 2.09 bits per heavy atom. The number of hydrogen-bond donors (Lipinski definition) is 0. The Morgan fingerprint density at radius 1 is 1.35 bits per heavy atom. The number of hydrogen-bond acceptors (Lipinski definition) is 4. The predicted octanol–water partition coefficient (Wildman–Crippen LogP) is 2.10. The van der Waals surface area contributed by atoms with Crippen molar-refractivity contribution in [3.63, 3.8) is 0 Å². The van der Waals surface area contributed by atoms with Crippen LogP contribution in [0.3, 0.4) is 0 Å². The highest BCUT2D eigenvalue weighted by Crippen LogP contribution is 2.39. The number of carbonyl (C=O) groups excluding carboxylic acids is 1.